The third-order valence-corrected chi connectivity index (χ3v) is 6.30. The van der Waals surface area contributed by atoms with Gasteiger partial charge in [-0.05, 0) is 42.7 Å². The Morgan fingerprint density at radius 1 is 1.00 bits per heavy atom. The lowest BCUT2D eigenvalue weighted by Gasteiger charge is -2.40. The highest BCUT2D eigenvalue weighted by molar-refractivity contribution is 6.35. The number of ether oxygens (including phenoxy) is 2. The number of amides is 2. The summed E-state index contributed by atoms with van der Waals surface area (Å²) in [6.07, 6.45) is 1.84. The summed E-state index contributed by atoms with van der Waals surface area (Å²) in [5.41, 5.74) is 1.56. The number of hydrogen-bond acceptors (Lipinski definition) is 6. The Bertz CT molecular complexity index is 1040. The van der Waals surface area contributed by atoms with Crippen molar-refractivity contribution in [3.8, 4) is 11.5 Å². The first-order chi connectivity index (χ1) is 16.1. The first kappa shape index (κ1) is 21.5. The van der Waals surface area contributed by atoms with E-state index in [1.54, 1.807) is 12.1 Å². The van der Waals surface area contributed by atoms with Gasteiger partial charge in [0, 0.05) is 38.8 Å². The molecule has 0 aromatic heterocycles. The van der Waals surface area contributed by atoms with Crippen LogP contribution in [0.5, 0.6) is 11.5 Å². The normalized spacial score (nSPS) is 18.6. The maximum absolute atomic E-state index is 14.2. The number of benzene rings is 2. The minimum atomic E-state index is -0.627. The fourth-order valence-corrected chi connectivity index (χ4v) is 4.31. The molecule has 9 heteroatoms. The quantitative estimate of drug-likeness (QED) is 0.648. The Hall–Kier alpha value is -3.33. The van der Waals surface area contributed by atoms with Crippen molar-refractivity contribution in [3.05, 3.63) is 53.8 Å². The molecule has 1 atom stereocenters. The first-order valence-electron chi connectivity index (χ1n) is 11.3. The number of nitrogens with one attached hydrogen (secondary N) is 2. The standard InChI is InChI=1S/C24H27FN4O4/c25-18-3-1-2-4-19(18)28-9-11-29(12-10-28)20(14-26-23(30)24(31)27-17-6-7-17)16-5-8-21-22(13-16)33-15-32-21/h1-5,8,13,17,20H,6-7,9-12,14-15H2,(H,26,30)(H,27,31). The van der Waals surface area contributed by atoms with E-state index in [1.807, 2.05) is 29.2 Å². The van der Waals surface area contributed by atoms with Gasteiger partial charge in [0.15, 0.2) is 11.5 Å². The lowest BCUT2D eigenvalue weighted by atomic mass is 10.0. The van der Waals surface area contributed by atoms with Gasteiger partial charge in [-0.25, -0.2) is 4.39 Å². The lowest BCUT2D eigenvalue weighted by Crippen LogP contribution is -2.51. The fourth-order valence-electron chi connectivity index (χ4n) is 4.31. The molecule has 174 valence electrons. The molecule has 2 amide bonds. The van der Waals surface area contributed by atoms with Crippen LogP contribution in [0.1, 0.15) is 24.4 Å². The van der Waals surface area contributed by atoms with Crippen molar-refractivity contribution >= 4 is 17.5 Å². The van der Waals surface area contributed by atoms with Gasteiger partial charge < -0.3 is 25.0 Å². The van der Waals surface area contributed by atoms with Crippen molar-refractivity contribution in [2.75, 3.05) is 44.4 Å². The number of piperazine rings is 1. The van der Waals surface area contributed by atoms with Crippen LogP contribution in [0.4, 0.5) is 10.1 Å². The molecule has 2 aromatic carbocycles. The highest BCUT2D eigenvalue weighted by Crippen LogP contribution is 2.36. The Kier molecular flexibility index (Phi) is 6.04. The number of halogens is 1. The van der Waals surface area contributed by atoms with E-state index in [2.05, 4.69) is 15.5 Å². The van der Waals surface area contributed by atoms with Crippen LogP contribution in [0, 0.1) is 5.82 Å². The van der Waals surface area contributed by atoms with Gasteiger partial charge >= 0.3 is 11.8 Å². The Labute approximate surface area is 191 Å². The zero-order valence-corrected chi connectivity index (χ0v) is 18.3. The van der Waals surface area contributed by atoms with Crippen molar-refractivity contribution in [3.63, 3.8) is 0 Å². The topological polar surface area (TPSA) is 83.1 Å². The van der Waals surface area contributed by atoms with Gasteiger partial charge in [0.05, 0.1) is 11.7 Å². The smallest absolute Gasteiger partial charge is 0.309 e. The lowest BCUT2D eigenvalue weighted by molar-refractivity contribution is -0.139. The van der Waals surface area contributed by atoms with Crippen molar-refractivity contribution in [2.24, 2.45) is 0 Å². The number of anilines is 1. The largest absolute Gasteiger partial charge is 0.454 e. The van der Waals surface area contributed by atoms with Crippen LogP contribution in [0.3, 0.4) is 0 Å². The molecule has 3 aliphatic rings. The number of carbonyl (C=O) groups is 2. The van der Waals surface area contributed by atoms with Gasteiger partial charge in [-0.2, -0.15) is 0 Å². The maximum Gasteiger partial charge on any atom is 0.309 e. The van der Waals surface area contributed by atoms with E-state index >= 15 is 0 Å². The van der Waals surface area contributed by atoms with Crippen LogP contribution in [0.25, 0.3) is 0 Å². The SMILES string of the molecule is O=C(NCC(c1ccc2c(c1)OCO2)N1CCN(c2ccccc2F)CC1)C(=O)NC1CC1. The highest BCUT2D eigenvalue weighted by Gasteiger charge is 2.30. The maximum atomic E-state index is 14.2. The highest BCUT2D eigenvalue weighted by atomic mass is 19.1. The van der Waals surface area contributed by atoms with E-state index in [-0.39, 0.29) is 31.2 Å². The zero-order chi connectivity index (χ0) is 22.8. The number of fused-ring (bicyclic) bond motifs is 1. The van der Waals surface area contributed by atoms with E-state index in [1.165, 1.54) is 6.07 Å². The summed E-state index contributed by atoms with van der Waals surface area (Å²) < 4.78 is 25.2. The second-order valence-electron chi connectivity index (χ2n) is 8.56. The second kappa shape index (κ2) is 9.27. The molecule has 0 spiro atoms. The van der Waals surface area contributed by atoms with Gasteiger partial charge in [-0.3, -0.25) is 14.5 Å². The molecule has 2 fully saturated rings. The van der Waals surface area contributed by atoms with Crippen LogP contribution in [-0.2, 0) is 9.59 Å². The number of para-hydroxylation sites is 1. The minimum Gasteiger partial charge on any atom is -0.454 e. The molecule has 2 aromatic rings. The van der Waals surface area contributed by atoms with Crippen molar-refractivity contribution in [2.45, 2.75) is 24.9 Å². The minimum absolute atomic E-state index is 0.124. The van der Waals surface area contributed by atoms with Crippen molar-refractivity contribution < 1.29 is 23.5 Å². The monoisotopic (exact) mass is 454 g/mol. The first-order valence-corrected chi connectivity index (χ1v) is 11.3. The molecule has 0 bridgehead atoms. The molecule has 0 radical (unpaired) electrons. The number of carbonyl (C=O) groups excluding carboxylic acids is 2. The molecule has 5 rings (SSSR count). The third kappa shape index (κ3) is 4.88. The molecular weight excluding hydrogens is 427 g/mol. The molecule has 1 saturated heterocycles. The van der Waals surface area contributed by atoms with Gasteiger partial charge in [0.25, 0.3) is 0 Å². The van der Waals surface area contributed by atoms with Gasteiger partial charge in [0.2, 0.25) is 6.79 Å². The Morgan fingerprint density at radius 3 is 2.52 bits per heavy atom. The average molecular weight is 455 g/mol. The summed E-state index contributed by atoms with van der Waals surface area (Å²) in [5.74, 6) is -0.0915. The Morgan fingerprint density at radius 2 is 1.76 bits per heavy atom. The fraction of sp³-hybridized carbons (Fsp3) is 0.417. The summed E-state index contributed by atoms with van der Waals surface area (Å²) in [5, 5.41) is 5.51. The summed E-state index contributed by atoms with van der Waals surface area (Å²) in [6, 6.07) is 12.5. The summed E-state index contributed by atoms with van der Waals surface area (Å²) in [7, 11) is 0. The average Bonchev–Trinajstić information content (AvgIpc) is 3.52. The Balaban J connectivity index is 1.29. The molecule has 2 N–H and O–H groups in total. The molecule has 1 unspecified atom stereocenters. The summed E-state index contributed by atoms with van der Waals surface area (Å²) >= 11 is 0. The summed E-state index contributed by atoms with van der Waals surface area (Å²) in [6.45, 7) is 3.12. The van der Waals surface area contributed by atoms with Gasteiger partial charge in [0.1, 0.15) is 5.82 Å². The predicted molar refractivity (Wildman–Crippen MR) is 120 cm³/mol. The zero-order valence-electron chi connectivity index (χ0n) is 18.3. The van der Waals surface area contributed by atoms with Crippen LogP contribution in [0.2, 0.25) is 0 Å². The molecule has 2 heterocycles. The predicted octanol–water partition coefficient (Wildman–Crippen LogP) is 1.81. The number of nitrogens with zero attached hydrogens (tertiary/aromatic N) is 2. The van der Waals surface area contributed by atoms with Gasteiger partial charge in [-0.1, -0.05) is 18.2 Å². The molecule has 1 aliphatic carbocycles. The van der Waals surface area contributed by atoms with E-state index < -0.39 is 11.8 Å². The molecule has 2 aliphatic heterocycles. The van der Waals surface area contributed by atoms with Crippen LogP contribution in [0.15, 0.2) is 42.5 Å². The third-order valence-electron chi connectivity index (χ3n) is 6.30. The molecule has 1 saturated carbocycles. The van der Waals surface area contributed by atoms with E-state index in [0.29, 0.717) is 43.4 Å². The van der Waals surface area contributed by atoms with E-state index in [9.17, 15) is 14.0 Å². The van der Waals surface area contributed by atoms with Crippen molar-refractivity contribution in [1.29, 1.82) is 0 Å². The van der Waals surface area contributed by atoms with Crippen LogP contribution >= 0.6 is 0 Å². The molecule has 8 nitrogen and oxygen atoms in total. The molecule has 33 heavy (non-hydrogen) atoms. The van der Waals surface area contributed by atoms with Crippen LogP contribution < -0.4 is 25.0 Å². The second-order valence-corrected chi connectivity index (χ2v) is 8.56. The van der Waals surface area contributed by atoms with Gasteiger partial charge in [-0.15, -0.1) is 0 Å². The molecular formula is C24H27FN4O4. The number of rotatable bonds is 6. The van der Waals surface area contributed by atoms with E-state index in [4.69, 9.17) is 9.47 Å². The van der Waals surface area contributed by atoms with Crippen molar-refractivity contribution in [1.82, 2.24) is 15.5 Å². The number of hydrogen-bond donors (Lipinski definition) is 2. The van der Waals surface area contributed by atoms with Crippen LogP contribution in [-0.4, -0.2) is 62.3 Å². The van der Waals surface area contributed by atoms with E-state index in [0.717, 1.165) is 18.4 Å². The summed E-state index contributed by atoms with van der Waals surface area (Å²) in [4.78, 5) is 28.7.